The number of hydrogen-bond donors (Lipinski definition) is 1. The topological polar surface area (TPSA) is 38.3 Å². The van der Waals surface area contributed by atoms with Crippen LogP contribution in [0.1, 0.15) is 24.0 Å². The van der Waals surface area contributed by atoms with E-state index in [-0.39, 0.29) is 12.5 Å². The van der Waals surface area contributed by atoms with Crippen LogP contribution in [-0.2, 0) is 4.79 Å². The van der Waals surface area contributed by atoms with Gasteiger partial charge in [-0.25, -0.2) is 0 Å². The number of aryl methyl sites for hydroxylation is 2. The third-order valence-corrected chi connectivity index (χ3v) is 3.13. The van der Waals surface area contributed by atoms with Gasteiger partial charge >= 0.3 is 0 Å². The lowest BCUT2D eigenvalue weighted by molar-refractivity contribution is -0.123. The van der Waals surface area contributed by atoms with Crippen LogP contribution in [0.15, 0.2) is 18.2 Å². The summed E-state index contributed by atoms with van der Waals surface area (Å²) in [5.41, 5.74) is 2.41. The molecule has 0 atom stereocenters. The first-order valence-corrected chi connectivity index (χ1v) is 6.12. The Bertz CT molecular complexity index is 411. The van der Waals surface area contributed by atoms with E-state index in [0.717, 1.165) is 12.3 Å². The van der Waals surface area contributed by atoms with Crippen molar-refractivity contribution in [3.8, 4) is 5.75 Å². The summed E-state index contributed by atoms with van der Waals surface area (Å²) < 4.78 is 5.44. The summed E-state index contributed by atoms with van der Waals surface area (Å²) in [4.78, 5) is 11.5. The first-order chi connectivity index (χ1) is 8.15. The quantitative estimate of drug-likeness (QED) is 0.846. The molecule has 1 saturated carbocycles. The van der Waals surface area contributed by atoms with Gasteiger partial charge in [-0.3, -0.25) is 4.79 Å². The Morgan fingerprint density at radius 2 is 2.12 bits per heavy atom. The molecule has 0 bridgehead atoms. The summed E-state index contributed by atoms with van der Waals surface area (Å²) in [6.07, 6.45) is 2.50. The summed E-state index contributed by atoms with van der Waals surface area (Å²) in [6, 6.07) is 5.87. The maximum atomic E-state index is 11.5. The van der Waals surface area contributed by atoms with Gasteiger partial charge in [0.05, 0.1) is 0 Å². The van der Waals surface area contributed by atoms with Crippen molar-refractivity contribution in [2.75, 3.05) is 13.2 Å². The van der Waals surface area contributed by atoms with Crippen LogP contribution < -0.4 is 10.1 Å². The van der Waals surface area contributed by atoms with Gasteiger partial charge < -0.3 is 10.1 Å². The predicted octanol–water partition coefficient (Wildman–Crippen LogP) is 2.21. The van der Waals surface area contributed by atoms with E-state index >= 15 is 0 Å². The van der Waals surface area contributed by atoms with Gasteiger partial charge in [0.15, 0.2) is 6.61 Å². The molecule has 1 N–H and O–H groups in total. The standard InChI is InChI=1S/C14H19NO2/c1-10-3-6-13(7-11(10)2)17-9-14(16)15-8-12-4-5-12/h3,6-7,12H,4-5,8-9H2,1-2H3,(H,15,16). The highest BCUT2D eigenvalue weighted by Crippen LogP contribution is 2.27. The zero-order chi connectivity index (χ0) is 12.3. The Morgan fingerprint density at radius 3 is 2.76 bits per heavy atom. The van der Waals surface area contributed by atoms with Crippen LogP contribution in [0.4, 0.5) is 0 Å². The third-order valence-electron chi connectivity index (χ3n) is 3.13. The van der Waals surface area contributed by atoms with E-state index in [2.05, 4.69) is 12.2 Å². The molecule has 0 unspecified atom stereocenters. The van der Waals surface area contributed by atoms with Crippen LogP contribution in [0.25, 0.3) is 0 Å². The molecule has 0 spiro atoms. The second-order valence-electron chi connectivity index (χ2n) is 4.78. The van der Waals surface area contributed by atoms with Gasteiger partial charge in [-0.2, -0.15) is 0 Å². The van der Waals surface area contributed by atoms with Crippen molar-refractivity contribution in [3.05, 3.63) is 29.3 Å². The summed E-state index contributed by atoms with van der Waals surface area (Å²) in [5.74, 6) is 1.44. The average molecular weight is 233 g/mol. The first-order valence-electron chi connectivity index (χ1n) is 6.12. The number of carbonyl (C=O) groups is 1. The van der Waals surface area contributed by atoms with Crippen molar-refractivity contribution in [3.63, 3.8) is 0 Å². The molecule has 2 rings (SSSR count). The van der Waals surface area contributed by atoms with Crippen LogP contribution in [0.5, 0.6) is 5.75 Å². The molecule has 1 fully saturated rings. The summed E-state index contributed by atoms with van der Waals surface area (Å²) in [6.45, 7) is 5.00. The molecule has 92 valence electrons. The van der Waals surface area contributed by atoms with Gasteiger partial charge in [0.1, 0.15) is 5.75 Å². The van der Waals surface area contributed by atoms with Crippen molar-refractivity contribution in [2.45, 2.75) is 26.7 Å². The van der Waals surface area contributed by atoms with E-state index in [1.54, 1.807) is 0 Å². The number of nitrogens with one attached hydrogen (secondary N) is 1. The van der Waals surface area contributed by atoms with Gasteiger partial charge in [-0.05, 0) is 55.9 Å². The molecule has 0 saturated heterocycles. The van der Waals surface area contributed by atoms with Gasteiger partial charge in [0, 0.05) is 6.54 Å². The lowest BCUT2D eigenvalue weighted by atomic mass is 10.1. The normalized spacial score (nSPS) is 14.5. The molecule has 1 amide bonds. The number of ether oxygens (including phenoxy) is 1. The fourth-order valence-electron chi connectivity index (χ4n) is 1.58. The van der Waals surface area contributed by atoms with Gasteiger partial charge in [-0.15, -0.1) is 0 Å². The van der Waals surface area contributed by atoms with Crippen molar-refractivity contribution in [1.29, 1.82) is 0 Å². The average Bonchev–Trinajstić information content (AvgIpc) is 3.12. The number of amides is 1. The lowest BCUT2D eigenvalue weighted by Gasteiger charge is -2.08. The Balaban J connectivity index is 1.75. The molecule has 0 radical (unpaired) electrons. The van der Waals surface area contributed by atoms with Crippen LogP contribution >= 0.6 is 0 Å². The van der Waals surface area contributed by atoms with E-state index in [0.29, 0.717) is 5.92 Å². The summed E-state index contributed by atoms with van der Waals surface area (Å²) in [5, 5.41) is 2.88. The number of rotatable bonds is 5. The molecule has 1 aliphatic carbocycles. The molecule has 1 aliphatic rings. The molecule has 17 heavy (non-hydrogen) atoms. The minimum Gasteiger partial charge on any atom is -0.484 e. The summed E-state index contributed by atoms with van der Waals surface area (Å²) >= 11 is 0. The Kier molecular flexibility index (Phi) is 3.67. The Labute approximate surface area is 102 Å². The van der Waals surface area contributed by atoms with Crippen molar-refractivity contribution >= 4 is 5.91 Å². The monoisotopic (exact) mass is 233 g/mol. The molecule has 3 nitrogen and oxygen atoms in total. The maximum Gasteiger partial charge on any atom is 0.257 e. The smallest absolute Gasteiger partial charge is 0.257 e. The van der Waals surface area contributed by atoms with E-state index < -0.39 is 0 Å². The molecule has 3 heteroatoms. The van der Waals surface area contributed by atoms with Gasteiger partial charge in [-0.1, -0.05) is 6.07 Å². The maximum absolute atomic E-state index is 11.5. The van der Waals surface area contributed by atoms with Crippen molar-refractivity contribution in [1.82, 2.24) is 5.32 Å². The van der Waals surface area contributed by atoms with E-state index in [4.69, 9.17) is 4.74 Å². The van der Waals surface area contributed by atoms with Crippen LogP contribution in [-0.4, -0.2) is 19.1 Å². The fourth-order valence-corrected chi connectivity index (χ4v) is 1.58. The van der Waals surface area contributed by atoms with Crippen molar-refractivity contribution in [2.24, 2.45) is 5.92 Å². The Morgan fingerprint density at radius 1 is 1.35 bits per heavy atom. The summed E-state index contributed by atoms with van der Waals surface area (Å²) in [7, 11) is 0. The Hall–Kier alpha value is -1.51. The second kappa shape index (κ2) is 5.21. The van der Waals surface area contributed by atoms with E-state index in [1.807, 2.05) is 25.1 Å². The molecule has 0 heterocycles. The minimum absolute atomic E-state index is 0.0323. The second-order valence-corrected chi connectivity index (χ2v) is 4.78. The zero-order valence-corrected chi connectivity index (χ0v) is 10.5. The van der Waals surface area contributed by atoms with E-state index in [9.17, 15) is 4.79 Å². The number of benzene rings is 1. The highest BCUT2D eigenvalue weighted by molar-refractivity contribution is 5.77. The molecular formula is C14H19NO2. The predicted molar refractivity (Wildman–Crippen MR) is 67.1 cm³/mol. The fraction of sp³-hybridized carbons (Fsp3) is 0.500. The van der Waals surface area contributed by atoms with E-state index in [1.165, 1.54) is 24.0 Å². The van der Waals surface area contributed by atoms with Crippen LogP contribution in [0.2, 0.25) is 0 Å². The SMILES string of the molecule is Cc1ccc(OCC(=O)NCC2CC2)cc1C. The van der Waals surface area contributed by atoms with Gasteiger partial charge in [0.2, 0.25) is 0 Å². The van der Waals surface area contributed by atoms with Gasteiger partial charge in [0.25, 0.3) is 5.91 Å². The molecule has 1 aromatic carbocycles. The molecular weight excluding hydrogens is 214 g/mol. The molecule has 0 aliphatic heterocycles. The minimum atomic E-state index is -0.0323. The largest absolute Gasteiger partial charge is 0.484 e. The van der Waals surface area contributed by atoms with Crippen molar-refractivity contribution < 1.29 is 9.53 Å². The van der Waals surface area contributed by atoms with Crippen LogP contribution in [0.3, 0.4) is 0 Å². The number of hydrogen-bond acceptors (Lipinski definition) is 2. The third kappa shape index (κ3) is 3.77. The lowest BCUT2D eigenvalue weighted by Crippen LogP contribution is -2.30. The van der Waals surface area contributed by atoms with Crippen LogP contribution in [0, 0.1) is 19.8 Å². The molecule has 0 aromatic heterocycles. The number of carbonyl (C=O) groups excluding carboxylic acids is 1. The highest BCUT2D eigenvalue weighted by atomic mass is 16.5. The zero-order valence-electron chi connectivity index (χ0n) is 10.5. The highest BCUT2D eigenvalue weighted by Gasteiger charge is 2.21. The molecule has 1 aromatic rings. The first kappa shape index (κ1) is 12.0.